The van der Waals surface area contributed by atoms with Crippen LogP contribution in [-0.2, 0) is 9.53 Å². The number of hydrogen-bond acceptors (Lipinski definition) is 4. The molecule has 1 amide bonds. The van der Waals surface area contributed by atoms with Crippen molar-refractivity contribution >= 4 is 23.3 Å². The van der Waals surface area contributed by atoms with Crippen LogP contribution in [0.2, 0.25) is 0 Å². The number of anilines is 2. The van der Waals surface area contributed by atoms with E-state index < -0.39 is 0 Å². The van der Waals surface area contributed by atoms with E-state index in [-0.39, 0.29) is 24.2 Å². The second-order valence-corrected chi connectivity index (χ2v) is 5.58. The Morgan fingerprint density at radius 3 is 2.40 bits per heavy atom. The molecule has 0 aliphatic heterocycles. The first-order valence-corrected chi connectivity index (χ1v) is 8.06. The highest BCUT2D eigenvalue weighted by molar-refractivity contribution is 5.94. The maximum absolute atomic E-state index is 13.5. The molecule has 0 unspecified atom stereocenters. The summed E-state index contributed by atoms with van der Waals surface area (Å²) >= 11 is 0. The molecular weight excluding hydrogens is 323 g/mol. The largest absolute Gasteiger partial charge is 0.462 e. The topological polar surface area (TPSA) is 67.4 Å². The fraction of sp³-hybridized carbons (Fsp3) is 0.263. The van der Waals surface area contributed by atoms with Gasteiger partial charge in [-0.25, -0.2) is 9.18 Å². The number of rotatable bonds is 7. The van der Waals surface area contributed by atoms with E-state index in [4.69, 9.17) is 4.74 Å². The second-order valence-electron chi connectivity index (χ2n) is 5.58. The summed E-state index contributed by atoms with van der Waals surface area (Å²) in [4.78, 5) is 23.6. The summed E-state index contributed by atoms with van der Waals surface area (Å²) in [5.74, 6) is -1.03. The molecule has 2 aromatic carbocycles. The fourth-order valence-corrected chi connectivity index (χ4v) is 2.06. The molecule has 0 spiro atoms. The Morgan fingerprint density at radius 1 is 1.08 bits per heavy atom. The maximum Gasteiger partial charge on any atom is 0.338 e. The van der Waals surface area contributed by atoms with Crippen molar-refractivity contribution in [3.8, 4) is 0 Å². The third-order valence-corrected chi connectivity index (χ3v) is 3.47. The molecule has 0 bridgehead atoms. The van der Waals surface area contributed by atoms with E-state index in [1.54, 1.807) is 43.3 Å². The van der Waals surface area contributed by atoms with Crippen molar-refractivity contribution in [2.75, 3.05) is 23.8 Å². The van der Waals surface area contributed by atoms with Crippen LogP contribution < -0.4 is 10.6 Å². The van der Waals surface area contributed by atoms with Gasteiger partial charge in [0.2, 0.25) is 5.91 Å². The molecule has 0 aliphatic rings. The van der Waals surface area contributed by atoms with Crippen LogP contribution in [0.1, 0.15) is 29.3 Å². The normalized spacial score (nSPS) is 10.2. The number of carbonyl (C=O) groups is 2. The van der Waals surface area contributed by atoms with E-state index >= 15 is 0 Å². The minimum absolute atomic E-state index is 0.0229. The first-order valence-electron chi connectivity index (χ1n) is 8.06. The molecule has 0 saturated carbocycles. The summed E-state index contributed by atoms with van der Waals surface area (Å²) in [6.45, 7) is 3.99. The number of ether oxygens (including phenoxy) is 1. The molecule has 0 atom stereocenters. The Kier molecular flexibility index (Phi) is 6.51. The molecule has 2 aromatic rings. The minimum Gasteiger partial charge on any atom is -0.462 e. The Balaban J connectivity index is 1.85. The van der Waals surface area contributed by atoms with Crippen LogP contribution in [0.5, 0.6) is 0 Å². The van der Waals surface area contributed by atoms with E-state index in [2.05, 4.69) is 10.6 Å². The molecular formula is C19H21FN2O3. The number of hydrogen-bond donors (Lipinski definition) is 2. The van der Waals surface area contributed by atoms with E-state index in [1.165, 1.54) is 6.07 Å². The number of esters is 1. The van der Waals surface area contributed by atoms with Crippen LogP contribution in [0, 0.1) is 12.7 Å². The highest BCUT2D eigenvalue weighted by atomic mass is 19.1. The third-order valence-electron chi connectivity index (χ3n) is 3.47. The molecule has 6 heteroatoms. The molecule has 2 rings (SSSR count). The Labute approximate surface area is 146 Å². The maximum atomic E-state index is 13.5. The first-order chi connectivity index (χ1) is 12.0. The lowest BCUT2D eigenvalue weighted by Gasteiger charge is -2.09. The van der Waals surface area contributed by atoms with E-state index in [1.807, 2.05) is 6.92 Å². The van der Waals surface area contributed by atoms with Gasteiger partial charge in [0.1, 0.15) is 5.82 Å². The predicted octanol–water partition coefficient (Wildman–Crippen LogP) is 3.75. The van der Waals surface area contributed by atoms with Gasteiger partial charge < -0.3 is 15.4 Å². The van der Waals surface area contributed by atoms with Crippen molar-refractivity contribution in [2.24, 2.45) is 0 Å². The number of halogens is 1. The summed E-state index contributed by atoms with van der Waals surface area (Å²) in [6, 6.07) is 11.2. The van der Waals surface area contributed by atoms with Crippen LogP contribution in [0.3, 0.4) is 0 Å². The van der Waals surface area contributed by atoms with E-state index in [0.717, 1.165) is 6.42 Å². The first kappa shape index (κ1) is 18.4. The smallest absolute Gasteiger partial charge is 0.338 e. The lowest BCUT2D eigenvalue weighted by molar-refractivity contribution is -0.114. The van der Waals surface area contributed by atoms with Crippen molar-refractivity contribution < 1.29 is 18.7 Å². The Bertz CT molecular complexity index is 745. The van der Waals surface area contributed by atoms with Gasteiger partial charge in [-0.15, -0.1) is 0 Å². The summed E-state index contributed by atoms with van der Waals surface area (Å²) < 4.78 is 18.5. The highest BCUT2D eigenvalue weighted by Crippen LogP contribution is 2.14. The van der Waals surface area contributed by atoms with Crippen molar-refractivity contribution in [1.82, 2.24) is 0 Å². The van der Waals surface area contributed by atoms with Gasteiger partial charge in [-0.3, -0.25) is 4.79 Å². The van der Waals surface area contributed by atoms with Crippen molar-refractivity contribution in [1.29, 1.82) is 0 Å². The summed E-state index contributed by atoms with van der Waals surface area (Å²) in [7, 11) is 0. The summed E-state index contributed by atoms with van der Waals surface area (Å²) in [5, 5.41) is 5.56. The van der Waals surface area contributed by atoms with Crippen LogP contribution in [0.4, 0.5) is 15.8 Å². The molecule has 0 aliphatic carbocycles. The number of nitrogens with one attached hydrogen (secondary N) is 2. The number of carbonyl (C=O) groups excluding carboxylic acids is 2. The van der Waals surface area contributed by atoms with Gasteiger partial charge in [-0.1, -0.05) is 13.0 Å². The molecule has 5 nitrogen and oxygen atoms in total. The van der Waals surface area contributed by atoms with Crippen LogP contribution in [-0.4, -0.2) is 25.0 Å². The summed E-state index contributed by atoms with van der Waals surface area (Å²) in [5.41, 5.74) is 2.08. The van der Waals surface area contributed by atoms with Gasteiger partial charge in [0.15, 0.2) is 0 Å². The van der Waals surface area contributed by atoms with Gasteiger partial charge in [0.25, 0.3) is 0 Å². The van der Waals surface area contributed by atoms with Gasteiger partial charge in [-0.2, -0.15) is 0 Å². The molecule has 0 fully saturated rings. The Hall–Kier alpha value is -2.89. The zero-order chi connectivity index (χ0) is 18.2. The highest BCUT2D eigenvalue weighted by Gasteiger charge is 2.07. The van der Waals surface area contributed by atoms with Crippen LogP contribution in [0.15, 0.2) is 42.5 Å². The predicted molar refractivity (Wildman–Crippen MR) is 95.3 cm³/mol. The molecule has 0 radical (unpaired) electrons. The Morgan fingerprint density at radius 2 is 1.76 bits per heavy atom. The average molecular weight is 344 g/mol. The van der Waals surface area contributed by atoms with Crippen LogP contribution in [0.25, 0.3) is 0 Å². The molecule has 132 valence electrons. The lowest BCUT2D eigenvalue weighted by Crippen LogP contribution is -2.21. The summed E-state index contributed by atoms with van der Waals surface area (Å²) in [6.07, 6.45) is 0.769. The van der Waals surface area contributed by atoms with Crippen LogP contribution >= 0.6 is 0 Å². The second kappa shape index (κ2) is 8.82. The van der Waals surface area contributed by atoms with E-state index in [0.29, 0.717) is 29.1 Å². The third kappa shape index (κ3) is 5.60. The van der Waals surface area contributed by atoms with E-state index in [9.17, 15) is 14.0 Å². The van der Waals surface area contributed by atoms with Gasteiger partial charge in [0.05, 0.1) is 18.7 Å². The zero-order valence-electron chi connectivity index (χ0n) is 14.3. The zero-order valence-corrected chi connectivity index (χ0v) is 14.3. The van der Waals surface area contributed by atoms with Gasteiger partial charge in [-0.05, 0) is 55.3 Å². The number of aryl methyl sites for hydroxylation is 1. The number of amides is 1. The van der Waals surface area contributed by atoms with Crippen molar-refractivity contribution in [2.45, 2.75) is 20.3 Å². The standard InChI is InChI=1S/C19H21FN2O3/c1-3-10-25-19(24)14-5-8-15(9-6-14)21-12-18(23)22-16-7-4-13(2)17(20)11-16/h4-9,11,21H,3,10,12H2,1-2H3,(H,22,23). The quantitative estimate of drug-likeness (QED) is 0.751. The van der Waals surface area contributed by atoms with Crippen molar-refractivity contribution in [3.05, 3.63) is 59.4 Å². The average Bonchev–Trinajstić information content (AvgIpc) is 2.61. The lowest BCUT2D eigenvalue weighted by atomic mass is 10.2. The molecule has 0 saturated heterocycles. The molecule has 2 N–H and O–H groups in total. The van der Waals surface area contributed by atoms with Gasteiger partial charge in [0, 0.05) is 11.4 Å². The van der Waals surface area contributed by atoms with Crippen molar-refractivity contribution in [3.63, 3.8) is 0 Å². The molecule has 0 heterocycles. The molecule has 25 heavy (non-hydrogen) atoms. The minimum atomic E-state index is -0.368. The number of benzene rings is 2. The van der Waals surface area contributed by atoms with Gasteiger partial charge >= 0.3 is 5.97 Å². The monoisotopic (exact) mass is 344 g/mol. The SMILES string of the molecule is CCCOC(=O)c1ccc(NCC(=O)Nc2ccc(C)c(F)c2)cc1. The molecule has 0 aromatic heterocycles. The fourth-order valence-electron chi connectivity index (χ4n) is 2.06.